The zero-order chi connectivity index (χ0) is 10.9. The SMILES string of the molecule is CC(C)(CN)CC1(c2ccc[nH]2)COC1. The standard InChI is InChI=1S/C12H20N2O/c1-11(2,7-13)6-12(8-15-9-12)10-4-3-5-14-10/h3-5,14H,6-9,13H2,1-2H3. The highest BCUT2D eigenvalue weighted by Gasteiger charge is 2.44. The number of ether oxygens (including phenoxy) is 1. The van der Waals surface area contributed by atoms with Crippen molar-refractivity contribution >= 4 is 0 Å². The van der Waals surface area contributed by atoms with Crippen LogP contribution in [0, 0.1) is 5.41 Å². The van der Waals surface area contributed by atoms with Crippen molar-refractivity contribution < 1.29 is 4.74 Å². The monoisotopic (exact) mass is 208 g/mol. The maximum atomic E-state index is 5.79. The highest BCUT2D eigenvalue weighted by atomic mass is 16.5. The molecule has 3 heteroatoms. The van der Waals surface area contributed by atoms with Crippen molar-refractivity contribution in [2.45, 2.75) is 25.7 Å². The molecule has 15 heavy (non-hydrogen) atoms. The number of rotatable bonds is 4. The van der Waals surface area contributed by atoms with Crippen LogP contribution < -0.4 is 5.73 Å². The summed E-state index contributed by atoms with van der Waals surface area (Å²) in [6.45, 7) is 6.79. The summed E-state index contributed by atoms with van der Waals surface area (Å²) in [5.74, 6) is 0. The fraction of sp³-hybridized carbons (Fsp3) is 0.667. The average molecular weight is 208 g/mol. The van der Waals surface area contributed by atoms with Crippen molar-refractivity contribution in [2.75, 3.05) is 19.8 Å². The molecule has 84 valence electrons. The summed E-state index contributed by atoms with van der Waals surface area (Å²) in [4.78, 5) is 3.31. The fourth-order valence-corrected chi connectivity index (χ4v) is 2.35. The second kappa shape index (κ2) is 3.65. The van der Waals surface area contributed by atoms with Crippen LogP contribution >= 0.6 is 0 Å². The van der Waals surface area contributed by atoms with Crippen LogP contribution in [0.25, 0.3) is 0 Å². The van der Waals surface area contributed by atoms with Gasteiger partial charge in [-0.05, 0) is 30.5 Å². The summed E-state index contributed by atoms with van der Waals surface area (Å²) in [5, 5.41) is 0. The molecule has 3 N–H and O–H groups in total. The molecule has 0 unspecified atom stereocenters. The molecule has 1 fully saturated rings. The molecule has 1 aliphatic heterocycles. The summed E-state index contributed by atoms with van der Waals surface area (Å²) >= 11 is 0. The molecule has 0 aromatic carbocycles. The zero-order valence-corrected chi connectivity index (χ0v) is 9.55. The second-order valence-electron chi connectivity index (χ2n) is 5.40. The van der Waals surface area contributed by atoms with Gasteiger partial charge < -0.3 is 15.5 Å². The van der Waals surface area contributed by atoms with Crippen molar-refractivity contribution in [3.63, 3.8) is 0 Å². The fourth-order valence-electron chi connectivity index (χ4n) is 2.35. The lowest BCUT2D eigenvalue weighted by molar-refractivity contribution is -0.0804. The van der Waals surface area contributed by atoms with Crippen molar-refractivity contribution in [3.05, 3.63) is 24.0 Å². The lowest BCUT2D eigenvalue weighted by Gasteiger charge is -2.45. The van der Waals surface area contributed by atoms with Crippen LogP contribution in [-0.4, -0.2) is 24.7 Å². The summed E-state index contributed by atoms with van der Waals surface area (Å²) in [6.07, 6.45) is 3.06. The highest BCUT2D eigenvalue weighted by molar-refractivity contribution is 5.21. The van der Waals surface area contributed by atoms with Gasteiger partial charge in [0.2, 0.25) is 0 Å². The van der Waals surface area contributed by atoms with Gasteiger partial charge in [-0.1, -0.05) is 13.8 Å². The summed E-state index contributed by atoms with van der Waals surface area (Å²) < 4.78 is 5.39. The lowest BCUT2D eigenvalue weighted by atomic mass is 9.69. The number of aromatic amines is 1. The molecule has 0 radical (unpaired) electrons. The van der Waals surface area contributed by atoms with Crippen LogP contribution in [-0.2, 0) is 10.2 Å². The average Bonchev–Trinajstić information content (AvgIpc) is 2.64. The smallest absolute Gasteiger partial charge is 0.0600 e. The Bertz CT molecular complexity index is 312. The molecule has 1 aromatic heterocycles. The van der Waals surface area contributed by atoms with Crippen LogP contribution in [0.15, 0.2) is 18.3 Å². The molecule has 3 nitrogen and oxygen atoms in total. The van der Waals surface area contributed by atoms with Crippen LogP contribution in [0.5, 0.6) is 0 Å². The van der Waals surface area contributed by atoms with E-state index in [9.17, 15) is 0 Å². The Morgan fingerprint density at radius 2 is 2.27 bits per heavy atom. The van der Waals surface area contributed by atoms with Crippen LogP contribution in [0.3, 0.4) is 0 Å². The van der Waals surface area contributed by atoms with Crippen LogP contribution in [0.2, 0.25) is 0 Å². The van der Waals surface area contributed by atoms with Gasteiger partial charge in [-0.3, -0.25) is 0 Å². The van der Waals surface area contributed by atoms with E-state index in [2.05, 4.69) is 24.9 Å². The number of aromatic nitrogens is 1. The van der Waals surface area contributed by atoms with Crippen molar-refractivity contribution in [1.29, 1.82) is 0 Å². The quantitative estimate of drug-likeness (QED) is 0.790. The first-order valence-corrected chi connectivity index (χ1v) is 5.50. The Labute approximate surface area is 91.0 Å². The molecule has 1 saturated heterocycles. The molecule has 0 spiro atoms. The number of hydrogen-bond acceptors (Lipinski definition) is 2. The van der Waals surface area contributed by atoms with E-state index in [4.69, 9.17) is 10.5 Å². The van der Waals surface area contributed by atoms with E-state index in [1.54, 1.807) is 0 Å². The largest absolute Gasteiger partial charge is 0.379 e. The van der Waals surface area contributed by atoms with Crippen LogP contribution in [0.1, 0.15) is 26.0 Å². The minimum Gasteiger partial charge on any atom is -0.379 e. The minimum absolute atomic E-state index is 0.173. The maximum absolute atomic E-state index is 5.79. The van der Waals surface area contributed by atoms with Gasteiger partial charge in [0.1, 0.15) is 0 Å². The van der Waals surface area contributed by atoms with E-state index in [-0.39, 0.29) is 10.8 Å². The number of H-pyrrole nitrogens is 1. The molecule has 0 atom stereocenters. The Hall–Kier alpha value is -0.800. The second-order valence-corrected chi connectivity index (χ2v) is 5.40. The predicted molar refractivity (Wildman–Crippen MR) is 60.7 cm³/mol. The summed E-state index contributed by atoms with van der Waals surface area (Å²) in [5.41, 5.74) is 7.43. The number of nitrogens with two attached hydrogens (primary N) is 1. The van der Waals surface area contributed by atoms with Crippen LogP contribution in [0.4, 0.5) is 0 Å². The molecule has 0 amide bonds. The lowest BCUT2D eigenvalue weighted by Crippen LogP contribution is -2.50. The molecule has 0 bridgehead atoms. The minimum atomic E-state index is 0.173. The first kappa shape index (κ1) is 10.7. The Morgan fingerprint density at radius 1 is 1.53 bits per heavy atom. The van der Waals surface area contributed by atoms with Crippen molar-refractivity contribution in [1.82, 2.24) is 4.98 Å². The van der Waals surface area contributed by atoms with E-state index < -0.39 is 0 Å². The predicted octanol–water partition coefficient (Wildman–Crippen LogP) is 1.66. The Kier molecular flexibility index (Phi) is 2.61. The third kappa shape index (κ3) is 1.94. The van der Waals surface area contributed by atoms with Crippen molar-refractivity contribution in [2.24, 2.45) is 11.1 Å². The number of nitrogens with one attached hydrogen (secondary N) is 1. The molecule has 2 heterocycles. The van der Waals surface area contributed by atoms with E-state index in [1.165, 1.54) is 5.69 Å². The van der Waals surface area contributed by atoms with E-state index in [0.29, 0.717) is 0 Å². The molecule has 0 saturated carbocycles. The molecular formula is C12H20N2O. The molecule has 2 rings (SSSR count). The molecule has 0 aliphatic carbocycles. The topological polar surface area (TPSA) is 51.0 Å². The number of hydrogen-bond donors (Lipinski definition) is 2. The normalized spacial score (nSPS) is 19.9. The summed E-state index contributed by atoms with van der Waals surface area (Å²) in [6, 6.07) is 4.19. The zero-order valence-electron chi connectivity index (χ0n) is 9.55. The van der Waals surface area contributed by atoms with Gasteiger partial charge in [-0.15, -0.1) is 0 Å². The van der Waals surface area contributed by atoms with E-state index in [0.717, 1.165) is 26.2 Å². The van der Waals surface area contributed by atoms with Gasteiger partial charge in [0.05, 0.1) is 18.6 Å². The first-order chi connectivity index (χ1) is 7.08. The van der Waals surface area contributed by atoms with Gasteiger partial charge in [0, 0.05) is 11.9 Å². The van der Waals surface area contributed by atoms with Gasteiger partial charge in [0.15, 0.2) is 0 Å². The van der Waals surface area contributed by atoms with E-state index >= 15 is 0 Å². The van der Waals surface area contributed by atoms with Gasteiger partial charge in [-0.25, -0.2) is 0 Å². The maximum Gasteiger partial charge on any atom is 0.0600 e. The first-order valence-electron chi connectivity index (χ1n) is 5.50. The molecule has 1 aromatic rings. The van der Waals surface area contributed by atoms with Gasteiger partial charge in [-0.2, -0.15) is 0 Å². The van der Waals surface area contributed by atoms with Gasteiger partial charge in [0.25, 0.3) is 0 Å². The highest BCUT2D eigenvalue weighted by Crippen LogP contribution is 2.41. The Balaban J connectivity index is 2.17. The Morgan fingerprint density at radius 3 is 2.67 bits per heavy atom. The third-order valence-electron chi connectivity index (χ3n) is 3.30. The summed E-state index contributed by atoms with van der Waals surface area (Å²) in [7, 11) is 0. The third-order valence-corrected chi connectivity index (χ3v) is 3.30. The van der Waals surface area contributed by atoms with Gasteiger partial charge >= 0.3 is 0 Å². The molecule has 1 aliphatic rings. The van der Waals surface area contributed by atoms with Crippen molar-refractivity contribution in [3.8, 4) is 0 Å². The van der Waals surface area contributed by atoms with E-state index in [1.807, 2.05) is 12.3 Å². The molecular weight excluding hydrogens is 188 g/mol.